The number of aryl methyl sites for hydroxylation is 1. The van der Waals surface area contributed by atoms with Gasteiger partial charge in [-0.1, -0.05) is 43.2 Å². The number of nitrogens with one attached hydrogen (secondary N) is 1. The van der Waals surface area contributed by atoms with Crippen LogP contribution in [-0.2, 0) is 13.0 Å². The Morgan fingerprint density at radius 2 is 2.11 bits per heavy atom. The van der Waals surface area contributed by atoms with Gasteiger partial charge in [-0.15, -0.1) is 0 Å². The minimum Gasteiger partial charge on any atom is -0.383 e. The minimum absolute atomic E-state index is 0.573. The molecule has 2 aromatic rings. The summed E-state index contributed by atoms with van der Waals surface area (Å²) in [5, 5.41) is 3.35. The molecule has 0 radical (unpaired) electrons. The van der Waals surface area contributed by atoms with Crippen LogP contribution in [0.2, 0.25) is 0 Å². The van der Waals surface area contributed by atoms with E-state index in [1.165, 1.54) is 17.5 Å². The van der Waals surface area contributed by atoms with Crippen molar-refractivity contribution >= 4 is 11.6 Å². The first-order chi connectivity index (χ1) is 9.20. The van der Waals surface area contributed by atoms with Gasteiger partial charge in [0, 0.05) is 12.1 Å². The molecule has 100 valence electrons. The topological polar surface area (TPSA) is 63.8 Å². The molecule has 1 heterocycles. The molecule has 0 bridgehead atoms. The van der Waals surface area contributed by atoms with E-state index in [1.54, 1.807) is 0 Å². The molecule has 0 fully saturated rings. The lowest BCUT2D eigenvalue weighted by Crippen LogP contribution is -2.08. The van der Waals surface area contributed by atoms with Crippen LogP contribution in [0.3, 0.4) is 0 Å². The van der Waals surface area contributed by atoms with Crippen LogP contribution in [0.15, 0.2) is 30.6 Å². The maximum Gasteiger partial charge on any atom is 0.134 e. The van der Waals surface area contributed by atoms with Crippen molar-refractivity contribution in [3.05, 3.63) is 47.3 Å². The van der Waals surface area contributed by atoms with Crippen molar-refractivity contribution in [2.75, 3.05) is 11.1 Å². The summed E-state index contributed by atoms with van der Waals surface area (Å²) in [6, 6.07) is 8.42. The SMILES string of the molecule is CCCc1c(N)ncnc1NCc1cccc(C)c1. The van der Waals surface area contributed by atoms with Crippen molar-refractivity contribution < 1.29 is 0 Å². The number of nitrogens with two attached hydrogens (primary N) is 1. The number of rotatable bonds is 5. The van der Waals surface area contributed by atoms with Crippen LogP contribution in [0, 0.1) is 6.92 Å². The van der Waals surface area contributed by atoms with Crippen LogP contribution < -0.4 is 11.1 Å². The van der Waals surface area contributed by atoms with Gasteiger partial charge in [-0.25, -0.2) is 9.97 Å². The summed E-state index contributed by atoms with van der Waals surface area (Å²) < 4.78 is 0. The van der Waals surface area contributed by atoms with Crippen LogP contribution >= 0.6 is 0 Å². The number of nitrogen functional groups attached to an aromatic ring is 1. The van der Waals surface area contributed by atoms with Gasteiger partial charge < -0.3 is 11.1 Å². The highest BCUT2D eigenvalue weighted by Crippen LogP contribution is 2.19. The Hall–Kier alpha value is -2.10. The first-order valence-electron chi connectivity index (χ1n) is 6.59. The monoisotopic (exact) mass is 256 g/mol. The summed E-state index contributed by atoms with van der Waals surface area (Å²) in [7, 11) is 0. The Kier molecular flexibility index (Phi) is 4.34. The third-order valence-corrected chi connectivity index (χ3v) is 3.02. The van der Waals surface area contributed by atoms with Crippen LogP contribution in [-0.4, -0.2) is 9.97 Å². The van der Waals surface area contributed by atoms with Crippen molar-refractivity contribution in [2.24, 2.45) is 0 Å². The van der Waals surface area contributed by atoms with Crippen LogP contribution in [0.25, 0.3) is 0 Å². The third kappa shape index (κ3) is 3.44. The van der Waals surface area contributed by atoms with Crippen molar-refractivity contribution in [2.45, 2.75) is 33.2 Å². The Balaban J connectivity index is 2.13. The maximum absolute atomic E-state index is 5.91. The summed E-state index contributed by atoms with van der Waals surface area (Å²) in [5.74, 6) is 1.42. The highest BCUT2D eigenvalue weighted by Gasteiger charge is 2.07. The molecule has 0 spiro atoms. The fourth-order valence-electron chi connectivity index (χ4n) is 2.08. The van der Waals surface area contributed by atoms with Gasteiger partial charge in [-0.05, 0) is 18.9 Å². The van der Waals surface area contributed by atoms with E-state index in [0.29, 0.717) is 5.82 Å². The zero-order valence-corrected chi connectivity index (χ0v) is 11.5. The van der Waals surface area contributed by atoms with Gasteiger partial charge in [0.05, 0.1) is 0 Å². The van der Waals surface area contributed by atoms with Gasteiger partial charge in [0.1, 0.15) is 18.0 Å². The van der Waals surface area contributed by atoms with E-state index in [1.807, 2.05) is 0 Å². The van der Waals surface area contributed by atoms with E-state index in [-0.39, 0.29) is 0 Å². The van der Waals surface area contributed by atoms with Crippen molar-refractivity contribution in [3.8, 4) is 0 Å². The summed E-state index contributed by atoms with van der Waals surface area (Å²) in [6.07, 6.45) is 3.42. The second-order valence-corrected chi connectivity index (χ2v) is 4.68. The molecule has 3 N–H and O–H groups in total. The summed E-state index contributed by atoms with van der Waals surface area (Å²) >= 11 is 0. The standard InChI is InChI=1S/C15H20N4/c1-3-5-13-14(16)18-10-19-15(13)17-9-12-7-4-6-11(2)8-12/h4,6-8,10H,3,5,9H2,1-2H3,(H3,16,17,18,19). The Bertz CT molecular complexity index is 552. The number of aromatic nitrogens is 2. The predicted octanol–water partition coefficient (Wildman–Crippen LogP) is 2.93. The van der Waals surface area contributed by atoms with Gasteiger partial charge in [0.25, 0.3) is 0 Å². The number of hydrogen-bond acceptors (Lipinski definition) is 4. The first kappa shape index (κ1) is 13.3. The molecule has 0 unspecified atom stereocenters. The molecule has 4 nitrogen and oxygen atoms in total. The fraction of sp³-hybridized carbons (Fsp3) is 0.333. The molecule has 1 aromatic heterocycles. The smallest absolute Gasteiger partial charge is 0.134 e. The van der Waals surface area contributed by atoms with E-state index in [9.17, 15) is 0 Å². The lowest BCUT2D eigenvalue weighted by Gasteiger charge is -2.12. The molecule has 0 saturated carbocycles. The first-order valence-corrected chi connectivity index (χ1v) is 6.59. The average molecular weight is 256 g/mol. The molecule has 1 aromatic carbocycles. The molecule has 0 amide bonds. The molecule has 0 saturated heterocycles. The van der Waals surface area contributed by atoms with Crippen LogP contribution in [0.1, 0.15) is 30.0 Å². The van der Waals surface area contributed by atoms with Gasteiger partial charge in [-0.2, -0.15) is 0 Å². The van der Waals surface area contributed by atoms with Crippen LogP contribution in [0.4, 0.5) is 11.6 Å². The number of anilines is 2. The maximum atomic E-state index is 5.91. The number of benzene rings is 1. The fourth-order valence-corrected chi connectivity index (χ4v) is 2.08. The van der Waals surface area contributed by atoms with Gasteiger partial charge >= 0.3 is 0 Å². The second-order valence-electron chi connectivity index (χ2n) is 4.68. The number of hydrogen-bond donors (Lipinski definition) is 2. The molecular weight excluding hydrogens is 236 g/mol. The molecule has 19 heavy (non-hydrogen) atoms. The average Bonchev–Trinajstić information content (AvgIpc) is 2.40. The molecular formula is C15H20N4. The quantitative estimate of drug-likeness (QED) is 0.863. The third-order valence-electron chi connectivity index (χ3n) is 3.02. The van der Waals surface area contributed by atoms with Gasteiger partial charge in [0.2, 0.25) is 0 Å². The summed E-state index contributed by atoms with van der Waals surface area (Å²) in [4.78, 5) is 8.35. The van der Waals surface area contributed by atoms with Crippen molar-refractivity contribution in [1.82, 2.24) is 9.97 Å². The van der Waals surface area contributed by atoms with Gasteiger partial charge in [-0.3, -0.25) is 0 Å². The summed E-state index contributed by atoms with van der Waals surface area (Å²) in [5.41, 5.74) is 9.42. The highest BCUT2D eigenvalue weighted by atomic mass is 15.0. The molecule has 4 heteroatoms. The Morgan fingerprint density at radius 3 is 2.84 bits per heavy atom. The van der Waals surface area contributed by atoms with Gasteiger partial charge in [0.15, 0.2) is 0 Å². The van der Waals surface area contributed by atoms with E-state index in [2.05, 4.69) is 53.4 Å². The van der Waals surface area contributed by atoms with E-state index >= 15 is 0 Å². The normalized spacial score (nSPS) is 10.4. The number of nitrogens with zero attached hydrogens (tertiary/aromatic N) is 2. The lowest BCUT2D eigenvalue weighted by atomic mass is 10.1. The molecule has 0 aliphatic heterocycles. The molecule has 0 aliphatic carbocycles. The Labute approximate surface area is 114 Å². The zero-order chi connectivity index (χ0) is 13.7. The van der Waals surface area contributed by atoms with E-state index < -0.39 is 0 Å². The van der Waals surface area contributed by atoms with E-state index in [4.69, 9.17) is 5.73 Å². The molecule has 0 atom stereocenters. The van der Waals surface area contributed by atoms with E-state index in [0.717, 1.165) is 30.8 Å². The lowest BCUT2D eigenvalue weighted by molar-refractivity contribution is 0.901. The molecule has 0 aliphatic rings. The predicted molar refractivity (Wildman–Crippen MR) is 78.9 cm³/mol. The van der Waals surface area contributed by atoms with Crippen LogP contribution in [0.5, 0.6) is 0 Å². The largest absolute Gasteiger partial charge is 0.383 e. The Morgan fingerprint density at radius 1 is 1.26 bits per heavy atom. The van der Waals surface area contributed by atoms with Crippen molar-refractivity contribution in [3.63, 3.8) is 0 Å². The second kappa shape index (κ2) is 6.18. The van der Waals surface area contributed by atoms with Crippen molar-refractivity contribution in [1.29, 1.82) is 0 Å². The summed E-state index contributed by atoms with van der Waals surface area (Å²) in [6.45, 7) is 4.96. The molecule has 2 rings (SSSR count). The minimum atomic E-state index is 0.573. The zero-order valence-electron chi connectivity index (χ0n) is 11.5. The highest BCUT2D eigenvalue weighted by molar-refractivity contribution is 5.55.